The summed E-state index contributed by atoms with van der Waals surface area (Å²) >= 11 is 5.97. The summed E-state index contributed by atoms with van der Waals surface area (Å²) in [6.07, 6.45) is 4.66. The number of hydrogen-bond acceptors (Lipinski definition) is 1. The van der Waals surface area contributed by atoms with Crippen molar-refractivity contribution >= 4 is 17.4 Å². The fraction of sp³-hybridized carbons (Fsp3) is 0.308. The van der Waals surface area contributed by atoms with E-state index in [9.17, 15) is 9.18 Å². The zero-order valence-electron chi connectivity index (χ0n) is 8.80. The van der Waals surface area contributed by atoms with Gasteiger partial charge in [0.2, 0.25) is 0 Å². The molecular weight excluding hydrogens is 227 g/mol. The van der Waals surface area contributed by atoms with Crippen LogP contribution < -0.4 is 0 Å². The highest BCUT2D eigenvalue weighted by molar-refractivity contribution is 6.31. The minimum absolute atomic E-state index is 0.161. The Morgan fingerprint density at radius 2 is 2.12 bits per heavy atom. The van der Waals surface area contributed by atoms with E-state index in [4.69, 9.17) is 11.6 Å². The van der Waals surface area contributed by atoms with E-state index in [-0.39, 0.29) is 11.6 Å². The highest BCUT2D eigenvalue weighted by Gasteiger charge is 2.12. The van der Waals surface area contributed by atoms with Crippen LogP contribution in [-0.2, 0) is 11.2 Å². The summed E-state index contributed by atoms with van der Waals surface area (Å²) in [5.74, 6) is -0.129. The van der Waals surface area contributed by atoms with Crippen LogP contribution in [0.2, 0.25) is 5.02 Å². The third-order valence-corrected chi connectivity index (χ3v) is 3.08. The molecule has 2 rings (SSSR count). The van der Waals surface area contributed by atoms with Crippen molar-refractivity contribution in [3.8, 4) is 0 Å². The Balaban J connectivity index is 2.20. The highest BCUT2D eigenvalue weighted by atomic mass is 35.5. The third-order valence-electron chi connectivity index (χ3n) is 2.71. The van der Waals surface area contributed by atoms with Gasteiger partial charge in [-0.2, -0.15) is 0 Å². The van der Waals surface area contributed by atoms with Crippen molar-refractivity contribution in [2.24, 2.45) is 0 Å². The van der Waals surface area contributed by atoms with Crippen LogP contribution in [0.5, 0.6) is 0 Å². The van der Waals surface area contributed by atoms with Crippen molar-refractivity contribution in [2.45, 2.75) is 25.7 Å². The summed E-state index contributed by atoms with van der Waals surface area (Å²) in [5.41, 5.74) is 1.80. The predicted octanol–water partition coefficient (Wildman–Crippen LogP) is 3.70. The second-order valence-electron chi connectivity index (χ2n) is 4.03. The van der Waals surface area contributed by atoms with Crippen LogP contribution in [0.3, 0.4) is 0 Å². The minimum Gasteiger partial charge on any atom is -0.295 e. The monoisotopic (exact) mass is 238 g/mol. The van der Waals surface area contributed by atoms with Crippen LogP contribution in [0.1, 0.15) is 24.8 Å². The van der Waals surface area contributed by atoms with E-state index in [1.165, 1.54) is 12.1 Å². The predicted molar refractivity (Wildman–Crippen MR) is 62.1 cm³/mol. The van der Waals surface area contributed by atoms with Crippen LogP contribution in [0.15, 0.2) is 29.8 Å². The summed E-state index contributed by atoms with van der Waals surface area (Å²) in [6.45, 7) is 0. The zero-order valence-corrected chi connectivity index (χ0v) is 9.56. The molecule has 0 bridgehead atoms. The highest BCUT2D eigenvalue weighted by Crippen LogP contribution is 2.24. The van der Waals surface area contributed by atoms with Gasteiger partial charge < -0.3 is 0 Å². The van der Waals surface area contributed by atoms with Gasteiger partial charge in [-0.3, -0.25) is 4.79 Å². The number of halogens is 2. The van der Waals surface area contributed by atoms with Crippen LogP contribution in [-0.4, -0.2) is 5.78 Å². The first-order chi connectivity index (χ1) is 7.65. The molecule has 0 spiro atoms. The van der Waals surface area contributed by atoms with Crippen LogP contribution >= 0.6 is 11.6 Å². The maximum atomic E-state index is 13.0. The molecule has 84 valence electrons. The molecule has 1 aromatic carbocycles. The average molecular weight is 239 g/mol. The van der Waals surface area contributed by atoms with Gasteiger partial charge in [-0.15, -0.1) is 0 Å². The molecule has 3 heteroatoms. The Kier molecular flexibility index (Phi) is 3.39. The van der Waals surface area contributed by atoms with Gasteiger partial charge in [0.1, 0.15) is 5.82 Å². The second kappa shape index (κ2) is 4.79. The van der Waals surface area contributed by atoms with E-state index >= 15 is 0 Å². The molecule has 1 aliphatic carbocycles. The first-order valence-corrected chi connectivity index (χ1v) is 5.69. The standard InChI is InChI=1S/C13H12ClFO/c14-13-5-4-11(15)8-10(13)6-9-2-1-3-12(16)7-9/h4-5,7-8H,1-3,6H2. The zero-order chi connectivity index (χ0) is 11.5. The van der Waals surface area contributed by atoms with E-state index in [1.807, 2.05) is 0 Å². The van der Waals surface area contributed by atoms with E-state index < -0.39 is 0 Å². The molecule has 0 saturated heterocycles. The van der Waals surface area contributed by atoms with E-state index in [2.05, 4.69) is 0 Å². The van der Waals surface area contributed by atoms with Crippen LogP contribution in [0, 0.1) is 5.82 Å². The van der Waals surface area contributed by atoms with Crippen molar-refractivity contribution in [2.75, 3.05) is 0 Å². The molecule has 0 radical (unpaired) electrons. The number of carbonyl (C=O) groups is 1. The van der Waals surface area contributed by atoms with Gasteiger partial charge in [-0.05, 0) is 49.1 Å². The van der Waals surface area contributed by atoms with Gasteiger partial charge in [0.05, 0.1) is 0 Å². The first kappa shape index (κ1) is 11.3. The number of ketones is 1. The molecule has 16 heavy (non-hydrogen) atoms. The maximum Gasteiger partial charge on any atom is 0.155 e. The van der Waals surface area contributed by atoms with E-state index in [0.29, 0.717) is 17.9 Å². The first-order valence-electron chi connectivity index (χ1n) is 5.31. The molecule has 1 nitrogen and oxygen atoms in total. The molecule has 1 aromatic rings. The second-order valence-corrected chi connectivity index (χ2v) is 4.44. The third kappa shape index (κ3) is 2.70. The Hall–Kier alpha value is -1.15. The van der Waals surface area contributed by atoms with Gasteiger partial charge >= 0.3 is 0 Å². The van der Waals surface area contributed by atoms with E-state index in [0.717, 1.165) is 24.0 Å². The lowest BCUT2D eigenvalue weighted by molar-refractivity contribution is -0.115. The lowest BCUT2D eigenvalue weighted by atomic mass is 9.93. The Morgan fingerprint density at radius 3 is 2.88 bits per heavy atom. The fourth-order valence-electron chi connectivity index (χ4n) is 1.92. The quantitative estimate of drug-likeness (QED) is 0.768. The number of rotatable bonds is 2. The largest absolute Gasteiger partial charge is 0.295 e. The van der Waals surface area contributed by atoms with Gasteiger partial charge in [-0.25, -0.2) is 4.39 Å². The lowest BCUT2D eigenvalue weighted by Crippen LogP contribution is -2.05. The van der Waals surface area contributed by atoms with E-state index in [1.54, 1.807) is 12.1 Å². The average Bonchev–Trinajstić information content (AvgIpc) is 2.24. The smallest absolute Gasteiger partial charge is 0.155 e. The molecule has 0 amide bonds. The molecule has 0 atom stereocenters. The topological polar surface area (TPSA) is 17.1 Å². The van der Waals surface area contributed by atoms with Gasteiger partial charge in [0.15, 0.2) is 5.78 Å². The molecule has 0 unspecified atom stereocenters. The SMILES string of the molecule is O=C1C=C(Cc2cc(F)ccc2Cl)CCC1. The summed E-state index contributed by atoms with van der Waals surface area (Å²) in [6, 6.07) is 4.33. The van der Waals surface area contributed by atoms with Gasteiger partial charge in [0.25, 0.3) is 0 Å². The van der Waals surface area contributed by atoms with Crippen LogP contribution in [0.4, 0.5) is 4.39 Å². The minimum atomic E-state index is -0.290. The summed E-state index contributed by atoms with van der Waals surface area (Å²) < 4.78 is 13.0. The van der Waals surface area contributed by atoms with Gasteiger partial charge in [0, 0.05) is 11.4 Å². The maximum absolute atomic E-state index is 13.0. The Bertz CT molecular complexity index is 451. The molecule has 0 saturated carbocycles. The Labute approximate surface area is 98.9 Å². The molecule has 0 heterocycles. The number of hydrogen-bond donors (Lipinski definition) is 0. The molecule has 0 fully saturated rings. The molecule has 0 aliphatic heterocycles. The molecule has 0 N–H and O–H groups in total. The number of benzene rings is 1. The summed E-state index contributed by atoms with van der Waals surface area (Å²) in [5, 5.41) is 0.556. The number of allylic oxidation sites excluding steroid dienone is 2. The van der Waals surface area contributed by atoms with Crippen molar-refractivity contribution in [3.63, 3.8) is 0 Å². The normalized spacial score (nSPS) is 16.1. The fourth-order valence-corrected chi connectivity index (χ4v) is 2.11. The summed E-state index contributed by atoms with van der Waals surface area (Å²) in [4.78, 5) is 11.2. The molecule has 0 aromatic heterocycles. The van der Waals surface area contributed by atoms with Crippen molar-refractivity contribution in [1.29, 1.82) is 0 Å². The summed E-state index contributed by atoms with van der Waals surface area (Å²) in [7, 11) is 0. The van der Waals surface area contributed by atoms with Crippen LogP contribution in [0.25, 0.3) is 0 Å². The van der Waals surface area contributed by atoms with Crippen molar-refractivity contribution in [3.05, 3.63) is 46.3 Å². The number of carbonyl (C=O) groups excluding carboxylic acids is 1. The van der Waals surface area contributed by atoms with Crippen molar-refractivity contribution < 1.29 is 9.18 Å². The lowest BCUT2D eigenvalue weighted by Gasteiger charge is -2.12. The van der Waals surface area contributed by atoms with Crippen molar-refractivity contribution in [1.82, 2.24) is 0 Å². The molecular formula is C13H12ClFO. The van der Waals surface area contributed by atoms with Gasteiger partial charge in [-0.1, -0.05) is 17.2 Å². The Morgan fingerprint density at radius 1 is 1.31 bits per heavy atom. The molecule has 1 aliphatic rings.